The van der Waals surface area contributed by atoms with Crippen LogP contribution in [-0.2, 0) is 0 Å². The van der Waals surface area contributed by atoms with E-state index in [2.05, 4.69) is 10.2 Å². The van der Waals surface area contributed by atoms with E-state index in [-0.39, 0.29) is 17.0 Å². The van der Waals surface area contributed by atoms with Crippen LogP contribution in [0.15, 0.2) is 61.9 Å². The molecule has 1 heterocycles. The third-order valence-corrected chi connectivity index (χ3v) is 3.42. The van der Waals surface area contributed by atoms with Crippen LogP contribution in [0, 0.1) is 6.92 Å². The van der Waals surface area contributed by atoms with E-state index in [0.717, 1.165) is 5.56 Å². The Balaban J connectivity index is 2.15. The number of hydrogen-bond acceptors (Lipinski definition) is 5. The first-order chi connectivity index (χ1) is 10.5. The normalized spacial score (nSPS) is 11.4. The van der Waals surface area contributed by atoms with E-state index >= 15 is 0 Å². The first-order valence-corrected chi connectivity index (χ1v) is 6.86. The molecule has 0 saturated heterocycles. The van der Waals surface area contributed by atoms with Crippen molar-refractivity contribution in [1.29, 1.82) is 0 Å². The second kappa shape index (κ2) is 5.61. The lowest BCUT2D eigenvalue weighted by molar-refractivity contribution is 0.474. The first-order valence-electron chi connectivity index (χ1n) is 6.48. The minimum absolute atomic E-state index is 0.112. The highest BCUT2D eigenvalue weighted by atomic mass is 35.5. The molecule has 0 fully saturated rings. The van der Waals surface area contributed by atoms with E-state index in [1.54, 1.807) is 37.3 Å². The van der Waals surface area contributed by atoms with Crippen molar-refractivity contribution in [3.8, 4) is 5.75 Å². The van der Waals surface area contributed by atoms with Crippen molar-refractivity contribution in [2.24, 2.45) is 10.2 Å². The van der Waals surface area contributed by atoms with Crippen molar-refractivity contribution in [2.45, 2.75) is 6.92 Å². The van der Waals surface area contributed by atoms with E-state index in [1.807, 2.05) is 0 Å². The van der Waals surface area contributed by atoms with Crippen LogP contribution in [-0.4, -0.2) is 5.11 Å². The molecule has 3 rings (SSSR count). The molecule has 0 radical (unpaired) electrons. The fourth-order valence-corrected chi connectivity index (χ4v) is 2.20. The van der Waals surface area contributed by atoms with E-state index in [1.165, 1.54) is 12.1 Å². The summed E-state index contributed by atoms with van der Waals surface area (Å²) in [5.74, 6) is -0.112. The lowest BCUT2D eigenvalue weighted by Crippen LogP contribution is -1.97. The maximum absolute atomic E-state index is 11.5. The summed E-state index contributed by atoms with van der Waals surface area (Å²) in [5, 5.41) is 19.3. The molecular weight excluding hydrogens is 304 g/mol. The van der Waals surface area contributed by atoms with Gasteiger partial charge in [-0.25, -0.2) is 4.79 Å². The van der Waals surface area contributed by atoms with Crippen LogP contribution >= 0.6 is 11.6 Å². The minimum atomic E-state index is -0.501. The van der Waals surface area contributed by atoms with Crippen LogP contribution in [0.1, 0.15) is 5.56 Å². The third kappa shape index (κ3) is 2.71. The summed E-state index contributed by atoms with van der Waals surface area (Å²) in [6.07, 6.45) is 0. The number of nitrogens with zero attached hydrogens (tertiary/aromatic N) is 2. The highest BCUT2D eigenvalue weighted by Gasteiger charge is 2.11. The molecule has 110 valence electrons. The van der Waals surface area contributed by atoms with Crippen LogP contribution < -0.4 is 5.63 Å². The van der Waals surface area contributed by atoms with Crippen molar-refractivity contribution in [3.63, 3.8) is 0 Å². The van der Waals surface area contributed by atoms with Gasteiger partial charge in [-0.1, -0.05) is 11.6 Å². The molecule has 3 aromatic rings. The van der Waals surface area contributed by atoms with Gasteiger partial charge in [-0.15, -0.1) is 5.11 Å². The number of hydrogen-bond donors (Lipinski definition) is 1. The molecule has 0 aliphatic carbocycles. The van der Waals surface area contributed by atoms with E-state index in [9.17, 15) is 9.90 Å². The second-order valence-electron chi connectivity index (χ2n) is 4.73. The molecule has 0 spiro atoms. The third-order valence-electron chi connectivity index (χ3n) is 3.16. The number of aryl methyl sites for hydroxylation is 1. The smallest absolute Gasteiger partial charge is 0.336 e. The standard InChI is InChI=1S/C16H11ClN2O3/c1-9-8-14(21)22-16-12(9)6-7-13(20)15(16)19-18-11-4-2-10(17)3-5-11/h2-8,20H,1H3/b19-18+. The van der Waals surface area contributed by atoms with E-state index in [0.29, 0.717) is 16.1 Å². The summed E-state index contributed by atoms with van der Waals surface area (Å²) in [6, 6.07) is 11.3. The molecule has 1 N–H and O–H groups in total. The van der Waals surface area contributed by atoms with Gasteiger partial charge in [0.2, 0.25) is 0 Å². The number of fused-ring (bicyclic) bond motifs is 1. The number of aromatic hydroxyl groups is 1. The molecule has 0 aliphatic rings. The van der Waals surface area contributed by atoms with Gasteiger partial charge < -0.3 is 9.52 Å². The summed E-state index contributed by atoms with van der Waals surface area (Å²) >= 11 is 5.81. The highest BCUT2D eigenvalue weighted by molar-refractivity contribution is 6.30. The van der Waals surface area contributed by atoms with E-state index in [4.69, 9.17) is 16.0 Å². The topological polar surface area (TPSA) is 75.2 Å². The van der Waals surface area contributed by atoms with Gasteiger partial charge in [0.05, 0.1) is 5.69 Å². The first kappa shape index (κ1) is 14.3. The predicted octanol–water partition coefficient (Wildman–Crippen LogP) is 4.88. The van der Waals surface area contributed by atoms with Crippen molar-refractivity contribution >= 4 is 33.9 Å². The lowest BCUT2D eigenvalue weighted by atomic mass is 10.1. The van der Waals surface area contributed by atoms with Crippen LogP contribution in [0.4, 0.5) is 11.4 Å². The van der Waals surface area contributed by atoms with Gasteiger partial charge in [0.25, 0.3) is 0 Å². The Hall–Kier alpha value is -2.66. The fraction of sp³-hybridized carbons (Fsp3) is 0.0625. The number of rotatable bonds is 2. The molecule has 0 aliphatic heterocycles. The molecule has 0 bridgehead atoms. The monoisotopic (exact) mass is 314 g/mol. The van der Waals surface area contributed by atoms with Gasteiger partial charge in [-0.05, 0) is 48.9 Å². The molecular formula is C16H11ClN2O3. The Morgan fingerprint density at radius 3 is 2.55 bits per heavy atom. The predicted molar refractivity (Wildman–Crippen MR) is 84.5 cm³/mol. The van der Waals surface area contributed by atoms with Crippen molar-refractivity contribution in [1.82, 2.24) is 0 Å². The molecule has 0 saturated carbocycles. The van der Waals surface area contributed by atoms with Crippen LogP contribution in [0.3, 0.4) is 0 Å². The largest absolute Gasteiger partial charge is 0.505 e. The zero-order valence-electron chi connectivity index (χ0n) is 11.6. The van der Waals surface area contributed by atoms with Crippen LogP contribution in [0.25, 0.3) is 11.0 Å². The quantitative estimate of drug-likeness (QED) is 0.541. The number of phenolic OH excluding ortho intramolecular Hbond substituents is 1. The molecule has 0 unspecified atom stereocenters. The molecule has 1 aromatic heterocycles. The zero-order chi connectivity index (χ0) is 15.7. The van der Waals surface area contributed by atoms with Gasteiger partial charge in [-0.3, -0.25) is 0 Å². The average Bonchev–Trinajstić information content (AvgIpc) is 2.47. The molecule has 0 amide bonds. The summed E-state index contributed by atoms with van der Waals surface area (Å²) in [6.45, 7) is 1.79. The molecule has 6 heteroatoms. The maximum atomic E-state index is 11.5. The van der Waals surface area contributed by atoms with Crippen molar-refractivity contribution in [2.75, 3.05) is 0 Å². The zero-order valence-corrected chi connectivity index (χ0v) is 12.3. The SMILES string of the molecule is Cc1cc(=O)oc2c(/N=N/c3ccc(Cl)cc3)c(O)ccc12. The van der Waals surface area contributed by atoms with Crippen molar-refractivity contribution in [3.05, 3.63) is 63.5 Å². The lowest BCUT2D eigenvalue weighted by Gasteiger charge is -2.04. The summed E-state index contributed by atoms with van der Waals surface area (Å²) < 4.78 is 5.17. The summed E-state index contributed by atoms with van der Waals surface area (Å²) in [7, 11) is 0. The Morgan fingerprint density at radius 2 is 1.82 bits per heavy atom. The molecule has 5 nitrogen and oxygen atoms in total. The number of phenols is 1. The van der Waals surface area contributed by atoms with E-state index < -0.39 is 5.63 Å². The molecule has 0 atom stereocenters. The maximum Gasteiger partial charge on any atom is 0.336 e. The Labute approximate surface area is 130 Å². The number of benzene rings is 2. The van der Waals surface area contributed by atoms with Gasteiger partial charge in [0.15, 0.2) is 11.3 Å². The minimum Gasteiger partial charge on any atom is -0.505 e. The van der Waals surface area contributed by atoms with Gasteiger partial charge >= 0.3 is 5.63 Å². The Morgan fingerprint density at radius 1 is 1.09 bits per heavy atom. The van der Waals surface area contributed by atoms with Gasteiger partial charge in [0, 0.05) is 16.5 Å². The van der Waals surface area contributed by atoms with Gasteiger partial charge in [0.1, 0.15) is 5.75 Å². The molecule has 2 aromatic carbocycles. The average molecular weight is 315 g/mol. The van der Waals surface area contributed by atoms with Crippen molar-refractivity contribution < 1.29 is 9.52 Å². The van der Waals surface area contributed by atoms with Crippen LogP contribution in [0.2, 0.25) is 5.02 Å². The Bertz CT molecular complexity index is 931. The summed E-state index contributed by atoms with van der Waals surface area (Å²) in [4.78, 5) is 11.5. The Kier molecular flexibility index (Phi) is 3.65. The number of azo groups is 1. The summed E-state index contributed by atoms with van der Waals surface area (Å²) in [5.41, 5.74) is 1.14. The van der Waals surface area contributed by atoms with Crippen LogP contribution in [0.5, 0.6) is 5.75 Å². The number of halogens is 1. The molecule has 22 heavy (non-hydrogen) atoms. The fourth-order valence-electron chi connectivity index (χ4n) is 2.07. The highest BCUT2D eigenvalue weighted by Crippen LogP contribution is 2.36. The second-order valence-corrected chi connectivity index (χ2v) is 5.17. The van der Waals surface area contributed by atoms with Gasteiger partial charge in [-0.2, -0.15) is 5.11 Å².